The molecule has 3 aromatic carbocycles. The van der Waals surface area contributed by atoms with Crippen molar-refractivity contribution in [1.82, 2.24) is 0 Å². The fraction of sp³-hybridized carbons (Fsp3) is 0.136. The van der Waals surface area contributed by atoms with E-state index in [0.29, 0.717) is 5.69 Å². The maximum atomic E-state index is 12.6. The largest absolute Gasteiger partial charge is 0.326 e. The van der Waals surface area contributed by atoms with Crippen LogP contribution in [0.25, 0.3) is 0 Å². The highest BCUT2D eigenvalue weighted by Gasteiger charge is 2.17. The summed E-state index contributed by atoms with van der Waals surface area (Å²) in [5, 5.41) is 3.15. The number of amides is 1. The number of hydrogen-bond acceptors (Lipinski definition) is 3. The second-order valence-corrected chi connectivity index (χ2v) is 9.34. The third-order valence-electron chi connectivity index (χ3n) is 4.58. The minimum Gasteiger partial charge on any atom is -0.326 e. The summed E-state index contributed by atoms with van der Waals surface area (Å²) in [4.78, 5) is 12.3. The average Bonchev–Trinajstić information content (AvgIpc) is 2.68. The molecule has 0 aliphatic rings. The van der Waals surface area contributed by atoms with Crippen LogP contribution in [0.3, 0.4) is 0 Å². The fourth-order valence-corrected chi connectivity index (χ4v) is 4.28. The Morgan fingerprint density at radius 2 is 1.63 bits per heavy atom. The average molecular weight is 463 g/mol. The van der Waals surface area contributed by atoms with Crippen molar-refractivity contribution >= 4 is 50.5 Å². The van der Waals surface area contributed by atoms with E-state index in [-0.39, 0.29) is 33.0 Å². The van der Waals surface area contributed by atoms with Gasteiger partial charge in [-0.2, -0.15) is 0 Å². The zero-order valence-electron chi connectivity index (χ0n) is 16.4. The molecular formula is C22H20Cl2N2O3S. The number of sulfonamides is 1. The van der Waals surface area contributed by atoms with Crippen molar-refractivity contribution in [2.24, 2.45) is 0 Å². The SMILES string of the molecule is Cc1ccc(CC(=O)Nc2ccc(S(=O)(=O)Nc3cccc(Cl)c3Cl)cc2)cc1C. The van der Waals surface area contributed by atoms with Crippen LogP contribution in [0, 0.1) is 13.8 Å². The highest BCUT2D eigenvalue weighted by molar-refractivity contribution is 7.92. The Morgan fingerprint density at radius 3 is 2.30 bits per heavy atom. The smallest absolute Gasteiger partial charge is 0.261 e. The molecule has 5 nitrogen and oxygen atoms in total. The van der Waals surface area contributed by atoms with Gasteiger partial charge in [0.25, 0.3) is 10.0 Å². The van der Waals surface area contributed by atoms with Crippen molar-refractivity contribution in [3.8, 4) is 0 Å². The highest BCUT2D eigenvalue weighted by Crippen LogP contribution is 2.31. The van der Waals surface area contributed by atoms with E-state index in [2.05, 4.69) is 10.0 Å². The lowest BCUT2D eigenvalue weighted by atomic mass is 10.0. The molecule has 0 spiro atoms. The van der Waals surface area contributed by atoms with E-state index in [0.717, 1.165) is 11.1 Å². The molecule has 2 N–H and O–H groups in total. The molecule has 0 atom stereocenters. The summed E-state index contributed by atoms with van der Waals surface area (Å²) in [6, 6.07) is 16.5. The Hall–Kier alpha value is -2.54. The van der Waals surface area contributed by atoms with Gasteiger partial charge < -0.3 is 5.32 Å². The van der Waals surface area contributed by atoms with Crippen LogP contribution in [-0.2, 0) is 21.2 Å². The lowest BCUT2D eigenvalue weighted by Gasteiger charge is -2.11. The highest BCUT2D eigenvalue weighted by atomic mass is 35.5. The molecule has 3 rings (SSSR count). The predicted octanol–water partition coefficient (Wildman–Crippen LogP) is 5.59. The third kappa shape index (κ3) is 5.33. The number of anilines is 2. The first-order chi connectivity index (χ1) is 14.2. The molecule has 3 aromatic rings. The molecule has 0 saturated heterocycles. The standard InChI is InChI=1S/C22H20Cl2N2O3S/c1-14-6-7-16(12-15(14)2)13-21(27)25-17-8-10-18(11-9-17)30(28,29)26-20-5-3-4-19(23)22(20)24/h3-12,26H,13H2,1-2H3,(H,25,27). The summed E-state index contributed by atoms with van der Waals surface area (Å²) < 4.78 is 27.6. The van der Waals surface area contributed by atoms with Crippen LogP contribution in [0.5, 0.6) is 0 Å². The van der Waals surface area contributed by atoms with Crippen molar-refractivity contribution in [1.29, 1.82) is 0 Å². The monoisotopic (exact) mass is 462 g/mol. The molecule has 0 heterocycles. The normalized spacial score (nSPS) is 11.2. The van der Waals surface area contributed by atoms with E-state index in [1.165, 1.54) is 35.9 Å². The Balaban J connectivity index is 1.68. The number of aryl methyl sites for hydroxylation is 2. The number of halogens is 2. The van der Waals surface area contributed by atoms with Gasteiger partial charge in [-0.25, -0.2) is 8.42 Å². The van der Waals surface area contributed by atoms with Gasteiger partial charge in [-0.1, -0.05) is 47.5 Å². The molecule has 0 aromatic heterocycles. The molecule has 8 heteroatoms. The minimum absolute atomic E-state index is 0.0331. The van der Waals surface area contributed by atoms with E-state index >= 15 is 0 Å². The Morgan fingerprint density at radius 1 is 0.933 bits per heavy atom. The van der Waals surface area contributed by atoms with Gasteiger partial charge in [-0.05, 0) is 66.9 Å². The van der Waals surface area contributed by atoms with Crippen molar-refractivity contribution < 1.29 is 13.2 Å². The van der Waals surface area contributed by atoms with Crippen LogP contribution < -0.4 is 10.0 Å². The summed E-state index contributed by atoms with van der Waals surface area (Å²) >= 11 is 12.0. The van der Waals surface area contributed by atoms with Gasteiger partial charge in [0.05, 0.1) is 27.0 Å². The van der Waals surface area contributed by atoms with Crippen LogP contribution in [0.1, 0.15) is 16.7 Å². The molecule has 0 radical (unpaired) electrons. The molecule has 1 amide bonds. The van der Waals surface area contributed by atoms with E-state index in [9.17, 15) is 13.2 Å². The maximum Gasteiger partial charge on any atom is 0.261 e. The molecule has 0 aliphatic heterocycles. The zero-order chi connectivity index (χ0) is 21.9. The fourth-order valence-electron chi connectivity index (χ4n) is 2.81. The van der Waals surface area contributed by atoms with Gasteiger partial charge in [0.2, 0.25) is 5.91 Å². The maximum absolute atomic E-state index is 12.6. The van der Waals surface area contributed by atoms with E-state index < -0.39 is 10.0 Å². The molecule has 0 aliphatic carbocycles. The minimum atomic E-state index is -3.86. The second kappa shape index (κ2) is 9.08. The van der Waals surface area contributed by atoms with Gasteiger partial charge in [0.15, 0.2) is 0 Å². The number of rotatable bonds is 6. The van der Waals surface area contributed by atoms with Gasteiger partial charge in [0, 0.05) is 5.69 Å². The Kier molecular flexibility index (Phi) is 6.71. The molecule has 156 valence electrons. The molecule has 0 saturated carbocycles. The Labute approximate surface area is 186 Å². The van der Waals surface area contributed by atoms with E-state index in [1.807, 2.05) is 32.0 Å². The van der Waals surface area contributed by atoms with Gasteiger partial charge in [-0.15, -0.1) is 0 Å². The van der Waals surface area contributed by atoms with Crippen molar-refractivity contribution in [3.05, 3.63) is 87.4 Å². The quantitative estimate of drug-likeness (QED) is 0.500. The predicted molar refractivity (Wildman–Crippen MR) is 122 cm³/mol. The third-order valence-corrected chi connectivity index (χ3v) is 6.78. The lowest BCUT2D eigenvalue weighted by molar-refractivity contribution is -0.115. The summed E-state index contributed by atoms with van der Waals surface area (Å²) in [5.41, 5.74) is 3.90. The molecule has 0 bridgehead atoms. The topological polar surface area (TPSA) is 75.3 Å². The van der Waals surface area contributed by atoms with E-state index in [4.69, 9.17) is 23.2 Å². The van der Waals surface area contributed by atoms with Crippen molar-refractivity contribution in [2.45, 2.75) is 25.2 Å². The number of carbonyl (C=O) groups is 1. The summed E-state index contributed by atoms with van der Waals surface area (Å²) in [6.45, 7) is 4.02. The van der Waals surface area contributed by atoms with Gasteiger partial charge in [-0.3, -0.25) is 9.52 Å². The van der Waals surface area contributed by atoms with Crippen molar-refractivity contribution in [2.75, 3.05) is 10.0 Å². The van der Waals surface area contributed by atoms with Crippen LogP contribution in [0.4, 0.5) is 11.4 Å². The first-order valence-electron chi connectivity index (χ1n) is 9.08. The van der Waals surface area contributed by atoms with Gasteiger partial charge in [0.1, 0.15) is 0 Å². The van der Waals surface area contributed by atoms with Crippen LogP contribution in [0.15, 0.2) is 65.6 Å². The van der Waals surface area contributed by atoms with Crippen LogP contribution in [-0.4, -0.2) is 14.3 Å². The number of nitrogens with one attached hydrogen (secondary N) is 2. The number of hydrogen-bond donors (Lipinski definition) is 2. The Bertz CT molecular complexity index is 1190. The summed E-state index contributed by atoms with van der Waals surface area (Å²) in [7, 11) is -3.86. The van der Waals surface area contributed by atoms with Crippen LogP contribution in [0.2, 0.25) is 10.0 Å². The first kappa shape index (κ1) is 22.2. The molecule has 30 heavy (non-hydrogen) atoms. The molecule has 0 unspecified atom stereocenters. The first-order valence-corrected chi connectivity index (χ1v) is 11.3. The number of benzene rings is 3. The molecular weight excluding hydrogens is 443 g/mol. The second-order valence-electron chi connectivity index (χ2n) is 6.87. The summed E-state index contributed by atoms with van der Waals surface area (Å²) in [6.07, 6.45) is 0.232. The van der Waals surface area contributed by atoms with Gasteiger partial charge >= 0.3 is 0 Å². The number of carbonyl (C=O) groups excluding carboxylic acids is 1. The van der Waals surface area contributed by atoms with E-state index in [1.54, 1.807) is 12.1 Å². The summed E-state index contributed by atoms with van der Waals surface area (Å²) in [5.74, 6) is -0.183. The van der Waals surface area contributed by atoms with Crippen molar-refractivity contribution in [3.63, 3.8) is 0 Å². The zero-order valence-corrected chi connectivity index (χ0v) is 18.7. The van der Waals surface area contributed by atoms with Crippen LogP contribution >= 0.6 is 23.2 Å². The lowest BCUT2D eigenvalue weighted by Crippen LogP contribution is -2.15. The molecule has 0 fully saturated rings.